The zero-order valence-corrected chi connectivity index (χ0v) is 16.4. The number of nitrogens with zero attached hydrogens (tertiary/aromatic N) is 1. The highest BCUT2D eigenvalue weighted by Crippen LogP contribution is 2.27. The summed E-state index contributed by atoms with van der Waals surface area (Å²) in [5.74, 6) is -2.90. The summed E-state index contributed by atoms with van der Waals surface area (Å²) < 4.78 is 19.4. The van der Waals surface area contributed by atoms with Crippen molar-refractivity contribution in [3.05, 3.63) is 39.9 Å². The fourth-order valence-electron chi connectivity index (χ4n) is 2.51. The summed E-state index contributed by atoms with van der Waals surface area (Å²) in [5.41, 5.74) is 0.257. The van der Waals surface area contributed by atoms with Gasteiger partial charge in [0.1, 0.15) is 12.6 Å². The second-order valence-corrected chi connectivity index (χ2v) is 5.85. The molecule has 11 heteroatoms. The zero-order valence-electron chi connectivity index (χ0n) is 16.4. The van der Waals surface area contributed by atoms with Crippen LogP contribution in [0.25, 0.3) is 0 Å². The van der Waals surface area contributed by atoms with Crippen LogP contribution in [0.5, 0.6) is 0 Å². The Morgan fingerprint density at radius 3 is 2.24 bits per heavy atom. The molecule has 1 amide bonds. The number of ether oxygens (including phenoxy) is 4. The molecule has 0 bridgehead atoms. The van der Waals surface area contributed by atoms with Crippen LogP contribution in [0.2, 0.25) is 0 Å². The fourth-order valence-corrected chi connectivity index (χ4v) is 2.51. The number of nitrogens with one attached hydrogen (secondary N) is 1. The molecule has 1 aromatic rings. The van der Waals surface area contributed by atoms with Gasteiger partial charge < -0.3 is 24.3 Å². The van der Waals surface area contributed by atoms with E-state index in [4.69, 9.17) is 14.2 Å². The van der Waals surface area contributed by atoms with E-state index in [2.05, 4.69) is 10.1 Å². The van der Waals surface area contributed by atoms with Gasteiger partial charge in [0, 0.05) is 25.2 Å². The molecule has 0 aromatic heterocycles. The van der Waals surface area contributed by atoms with Crippen LogP contribution in [-0.4, -0.2) is 70.0 Å². The lowest BCUT2D eigenvalue weighted by Crippen LogP contribution is -2.47. The first-order valence-corrected chi connectivity index (χ1v) is 8.59. The van der Waals surface area contributed by atoms with E-state index in [-0.39, 0.29) is 25.3 Å². The first-order valence-electron chi connectivity index (χ1n) is 8.59. The van der Waals surface area contributed by atoms with E-state index in [1.807, 2.05) is 0 Å². The molecule has 2 atom stereocenters. The van der Waals surface area contributed by atoms with Gasteiger partial charge in [0.25, 0.3) is 5.69 Å². The number of esters is 2. The third-order valence-electron chi connectivity index (χ3n) is 3.99. The smallest absolute Gasteiger partial charge is 0.329 e. The number of methoxy groups -OCH3 is 3. The Bertz CT molecular complexity index is 706. The molecule has 160 valence electrons. The number of hydrogen-bond acceptors (Lipinski definition) is 9. The SMILES string of the molecule is COCCOCC(=O)N[C@H](C(=O)OC)[C@@H](CC(=O)OC)c1ccc([N+](=O)[O-])cc1. The first-order chi connectivity index (χ1) is 13.8. The lowest BCUT2D eigenvalue weighted by molar-refractivity contribution is -0.384. The second kappa shape index (κ2) is 12.4. The lowest BCUT2D eigenvalue weighted by atomic mass is 9.88. The number of non-ortho nitro benzene ring substituents is 1. The number of nitro benzene ring substituents is 1. The largest absolute Gasteiger partial charge is 0.469 e. The number of carbonyl (C=O) groups is 3. The van der Waals surface area contributed by atoms with Crippen molar-refractivity contribution >= 4 is 23.5 Å². The third-order valence-corrected chi connectivity index (χ3v) is 3.99. The summed E-state index contributed by atoms with van der Waals surface area (Å²) in [4.78, 5) is 46.7. The molecule has 1 N–H and O–H groups in total. The maximum Gasteiger partial charge on any atom is 0.329 e. The summed E-state index contributed by atoms with van der Waals surface area (Å²) in [6, 6.07) is 4.05. The molecule has 29 heavy (non-hydrogen) atoms. The Hall–Kier alpha value is -3.05. The van der Waals surface area contributed by atoms with Crippen molar-refractivity contribution in [1.29, 1.82) is 0 Å². The van der Waals surface area contributed by atoms with Gasteiger partial charge in [-0.05, 0) is 5.56 Å². The molecule has 0 aliphatic heterocycles. The van der Waals surface area contributed by atoms with Crippen molar-refractivity contribution in [1.82, 2.24) is 5.32 Å². The Labute approximate surface area is 167 Å². The van der Waals surface area contributed by atoms with Crippen LogP contribution >= 0.6 is 0 Å². The summed E-state index contributed by atoms with van der Waals surface area (Å²) in [6.07, 6.45) is -0.265. The highest BCUT2D eigenvalue weighted by Gasteiger charge is 2.34. The average molecular weight is 412 g/mol. The maximum atomic E-state index is 12.3. The van der Waals surface area contributed by atoms with Gasteiger partial charge in [0.05, 0.1) is 38.8 Å². The number of carbonyl (C=O) groups excluding carboxylic acids is 3. The van der Waals surface area contributed by atoms with Crippen molar-refractivity contribution in [2.45, 2.75) is 18.4 Å². The molecule has 0 unspecified atom stereocenters. The van der Waals surface area contributed by atoms with Crippen molar-refractivity contribution in [2.24, 2.45) is 0 Å². The molecule has 0 fully saturated rings. The molecule has 0 spiro atoms. The molecule has 1 aromatic carbocycles. The van der Waals surface area contributed by atoms with E-state index in [9.17, 15) is 24.5 Å². The van der Waals surface area contributed by atoms with Gasteiger partial charge in [-0.1, -0.05) is 12.1 Å². The van der Waals surface area contributed by atoms with Crippen LogP contribution in [0.15, 0.2) is 24.3 Å². The Morgan fingerprint density at radius 1 is 1.07 bits per heavy atom. The van der Waals surface area contributed by atoms with Gasteiger partial charge in [0.2, 0.25) is 5.91 Å². The van der Waals surface area contributed by atoms with Gasteiger partial charge in [-0.3, -0.25) is 19.7 Å². The average Bonchev–Trinajstić information content (AvgIpc) is 2.72. The van der Waals surface area contributed by atoms with Crippen molar-refractivity contribution in [2.75, 3.05) is 41.2 Å². The van der Waals surface area contributed by atoms with Crippen molar-refractivity contribution < 1.29 is 38.3 Å². The monoisotopic (exact) mass is 412 g/mol. The summed E-state index contributed by atoms with van der Waals surface area (Å²) in [7, 11) is 3.81. The molecule has 0 aliphatic rings. The Morgan fingerprint density at radius 2 is 1.72 bits per heavy atom. The minimum absolute atomic E-state index is 0.157. The van der Waals surface area contributed by atoms with Gasteiger partial charge in [-0.2, -0.15) is 0 Å². The standard InChI is InChI=1S/C18H24N2O9/c1-26-8-9-29-11-15(21)19-17(18(23)28-3)14(10-16(22)27-2)12-4-6-13(7-5-12)20(24)25/h4-7,14,17H,8-11H2,1-3H3,(H,19,21)/t14-,17-/m0/s1. The van der Waals surface area contributed by atoms with Gasteiger partial charge in [-0.25, -0.2) is 4.79 Å². The Balaban J connectivity index is 3.09. The number of nitro groups is 1. The van der Waals surface area contributed by atoms with E-state index in [0.29, 0.717) is 12.2 Å². The zero-order chi connectivity index (χ0) is 21.8. The molecule has 0 saturated carbocycles. The number of rotatable bonds is 12. The Kier molecular flexibility index (Phi) is 10.3. The van der Waals surface area contributed by atoms with Gasteiger partial charge in [0.15, 0.2) is 0 Å². The van der Waals surface area contributed by atoms with E-state index < -0.39 is 34.7 Å². The highest BCUT2D eigenvalue weighted by atomic mass is 16.6. The van der Waals surface area contributed by atoms with Gasteiger partial charge >= 0.3 is 11.9 Å². The van der Waals surface area contributed by atoms with Crippen LogP contribution in [0.4, 0.5) is 5.69 Å². The predicted molar refractivity (Wildman–Crippen MR) is 99.1 cm³/mol. The van der Waals surface area contributed by atoms with Crippen molar-refractivity contribution in [3.63, 3.8) is 0 Å². The van der Waals surface area contributed by atoms with E-state index >= 15 is 0 Å². The summed E-state index contributed by atoms with van der Waals surface area (Å²) >= 11 is 0. The minimum atomic E-state index is -1.24. The van der Waals surface area contributed by atoms with Gasteiger partial charge in [-0.15, -0.1) is 0 Å². The van der Waals surface area contributed by atoms with Crippen LogP contribution in [0, 0.1) is 10.1 Å². The fraction of sp³-hybridized carbons (Fsp3) is 0.500. The normalized spacial score (nSPS) is 12.5. The lowest BCUT2D eigenvalue weighted by Gasteiger charge is -2.25. The molecule has 0 saturated heterocycles. The molecule has 0 aliphatic carbocycles. The van der Waals surface area contributed by atoms with Crippen LogP contribution in [0.3, 0.4) is 0 Å². The van der Waals surface area contributed by atoms with Crippen LogP contribution in [0.1, 0.15) is 17.9 Å². The molecular weight excluding hydrogens is 388 g/mol. The number of amides is 1. The van der Waals surface area contributed by atoms with E-state index in [1.165, 1.54) is 38.5 Å². The van der Waals surface area contributed by atoms with E-state index in [1.54, 1.807) is 0 Å². The third kappa shape index (κ3) is 7.84. The maximum absolute atomic E-state index is 12.3. The molecule has 0 heterocycles. The van der Waals surface area contributed by atoms with Crippen LogP contribution < -0.4 is 5.32 Å². The number of benzene rings is 1. The molecule has 11 nitrogen and oxygen atoms in total. The summed E-state index contributed by atoms with van der Waals surface area (Å²) in [6.45, 7) is 0.143. The molecular formula is C18H24N2O9. The van der Waals surface area contributed by atoms with Crippen molar-refractivity contribution in [3.8, 4) is 0 Å². The van der Waals surface area contributed by atoms with Crippen LogP contribution in [-0.2, 0) is 33.3 Å². The number of hydrogen-bond donors (Lipinski definition) is 1. The minimum Gasteiger partial charge on any atom is -0.469 e. The predicted octanol–water partition coefficient (Wildman–Crippen LogP) is 0.562. The topological polar surface area (TPSA) is 143 Å². The molecule has 1 rings (SSSR count). The molecule has 0 radical (unpaired) electrons. The first kappa shape index (κ1) is 24.0. The summed E-state index contributed by atoms with van der Waals surface area (Å²) in [5, 5.41) is 13.4. The van der Waals surface area contributed by atoms with E-state index in [0.717, 1.165) is 7.11 Å². The quantitative estimate of drug-likeness (QED) is 0.225. The highest BCUT2D eigenvalue weighted by molar-refractivity contribution is 5.86. The second-order valence-electron chi connectivity index (χ2n) is 5.85.